The summed E-state index contributed by atoms with van der Waals surface area (Å²) in [5.74, 6) is 1.26. The van der Waals surface area contributed by atoms with E-state index in [1.165, 1.54) is 0 Å². The smallest absolute Gasteiger partial charge is 0.257 e. The summed E-state index contributed by atoms with van der Waals surface area (Å²) in [5.41, 5.74) is 6.02. The van der Waals surface area contributed by atoms with E-state index < -0.39 is 0 Å². The molecule has 1 rings (SSSR count). The molecule has 16 heavy (non-hydrogen) atoms. The molecule has 0 aromatic carbocycles. The monoisotopic (exact) mass is 240 g/mol. The van der Waals surface area contributed by atoms with Gasteiger partial charge in [0, 0.05) is 6.54 Å². The Morgan fingerprint density at radius 2 is 2.19 bits per heavy atom. The Hall–Kier alpha value is -1.36. The topological polar surface area (TPSA) is 59.5 Å². The molecule has 2 N–H and O–H groups in total. The number of nitrogens with zero attached hydrogens (tertiary/aromatic N) is 1. The summed E-state index contributed by atoms with van der Waals surface area (Å²) < 4.78 is 5.32. The van der Waals surface area contributed by atoms with Gasteiger partial charge in [-0.15, -0.1) is 0 Å². The summed E-state index contributed by atoms with van der Waals surface area (Å²) in [4.78, 5) is 14.0. The van der Waals surface area contributed by atoms with Crippen molar-refractivity contribution in [1.82, 2.24) is 4.90 Å². The highest BCUT2D eigenvalue weighted by Gasteiger charge is 2.19. The molecule has 0 aliphatic heterocycles. The number of carbonyl (C=O) groups is 1. The lowest BCUT2D eigenvalue weighted by Crippen LogP contribution is -2.37. The Morgan fingerprint density at radius 3 is 2.56 bits per heavy atom. The van der Waals surface area contributed by atoms with Crippen LogP contribution in [0.5, 0.6) is 0 Å². The molecule has 4 nitrogen and oxygen atoms in total. The molecule has 1 heterocycles. The summed E-state index contributed by atoms with van der Waals surface area (Å²) in [6.45, 7) is 6.34. The number of hydrogen-bond acceptors (Lipinski definition) is 3. The summed E-state index contributed by atoms with van der Waals surface area (Å²) in [6, 6.07) is 1.74. The molecule has 5 heteroatoms. The van der Waals surface area contributed by atoms with E-state index in [1.54, 1.807) is 17.9 Å². The number of hydrogen-bond donors (Lipinski definition) is 1. The lowest BCUT2D eigenvalue weighted by molar-refractivity contribution is 0.0786. The summed E-state index contributed by atoms with van der Waals surface area (Å²) in [7, 11) is 0. The first kappa shape index (κ1) is 12.7. The Morgan fingerprint density at radius 1 is 1.56 bits per heavy atom. The molecule has 0 fully saturated rings. The summed E-state index contributed by atoms with van der Waals surface area (Å²) in [5, 5.41) is 0. The van der Waals surface area contributed by atoms with Crippen LogP contribution in [0.1, 0.15) is 28.8 Å². The van der Waals surface area contributed by atoms with Crippen LogP contribution in [-0.4, -0.2) is 28.9 Å². The molecule has 0 atom stereocenters. The predicted octanol–water partition coefficient (Wildman–Crippen LogP) is 1.64. The van der Waals surface area contributed by atoms with E-state index in [4.69, 9.17) is 22.4 Å². The minimum absolute atomic E-state index is 0.0929. The van der Waals surface area contributed by atoms with Crippen molar-refractivity contribution in [1.29, 1.82) is 0 Å². The molecule has 0 bridgehead atoms. The Bertz CT molecular complexity index is 412. The standard InChI is InChI=1S/C11H16N2O2S/c1-4-13(6-10(12)16)11(14)9-5-7(2)15-8(9)3/h5H,4,6H2,1-3H3,(H2,12,16). The van der Waals surface area contributed by atoms with Gasteiger partial charge in [0.05, 0.1) is 17.1 Å². The maximum absolute atomic E-state index is 12.1. The van der Waals surface area contributed by atoms with Gasteiger partial charge in [0.15, 0.2) is 0 Å². The fraction of sp³-hybridized carbons (Fsp3) is 0.455. The van der Waals surface area contributed by atoms with E-state index in [2.05, 4.69) is 0 Å². The number of rotatable bonds is 4. The molecular formula is C11H16N2O2S. The van der Waals surface area contributed by atoms with Crippen LogP contribution in [0, 0.1) is 13.8 Å². The first-order chi connectivity index (χ1) is 7.45. The molecule has 0 saturated carbocycles. The van der Waals surface area contributed by atoms with Crippen molar-refractivity contribution in [3.8, 4) is 0 Å². The largest absolute Gasteiger partial charge is 0.466 e. The molecule has 0 radical (unpaired) electrons. The molecule has 1 aromatic heterocycles. The zero-order valence-electron chi connectivity index (χ0n) is 9.74. The van der Waals surface area contributed by atoms with E-state index in [1.807, 2.05) is 13.8 Å². The summed E-state index contributed by atoms with van der Waals surface area (Å²) >= 11 is 4.81. The molecule has 0 saturated heterocycles. The average molecular weight is 240 g/mol. The second kappa shape index (κ2) is 5.12. The van der Waals surface area contributed by atoms with Gasteiger partial charge in [-0.05, 0) is 26.8 Å². The van der Waals surface area contributed by atoms with Crippen LogP contribution in [0.2, 0.25) is 0 Å². The third kappa shape index (κ3) is 2.82. The highest BCUT2D eigenvalue weighted by Crippen LogP contribution is 2.15. The molecular weight excluding hydrogens is 224 g/mol. The second-order valence-corrected chi connectivity index (χ2v) is 4.14. The van der Waals surface area contributed by atoms with Crippen LogP contribution < -0.4 is 5.73 Å². The van der Waals surface area contributed by atoms with Gasteiger partial charge in [0.25, 0.3) is 5.91 Å². The molecule has 1 aromatic rings. The van der Waals surface area contributed by atoms with Crippen LogP contribution in [0.25, 0.3) is 0 Å². The summed E-state index contributed by atoms with van der Waals surface area (Å²) in [6.07, 6.45) is 0. The number of furan rings is 1. The number of carbonyl (C=O) groups excluding carboxylic acids is 1. The van der Waals surface area contributed by atoms with Crippen molar-refractivity contribution in [2.75, 3.05) is 13.1 Å². The van der Waals surface area contributed by atoms with Crippen LogP contribution in [0.15, 0.2) is 10.5 Å². The van der Waals surface area contributed by atoms with Crippen LogP contribution in [0.3, 0.4) is 0 Å². The number of likely N-dealkylation sites (N-methyl/N-ethyl adjacent to an activating group) is 1. The van der Waals surface area contributed by atoms with Gasteiger partial charge < -0.3 is 15.1 Å². The molecule has 0 spiro atoms. The first-order valence-corrected chi connectivity index (χ1v) is 5.51. The molecule has 0 aliphatic rings. The van der Waals surface area contributed by atoms with E-state index in [9.17, 15) is 4.79 Å². The third-order valence-corrected chi connectivity index (χ3v) is 2.42. The maximum Gasteiger partial charge on any atom is 0.257 e. The van der Waals surface area contributed by atoms with Gasteiger partial charge >= 0.3 is 0 Å². The molecule has 88 valence electrons. The fourth-order valence-electron chi connectivity index (χ4n) is 1.53. The number of amides is 1. The molecule has 1 amide bonds. The predicted molar refractivity (Wildman–Crippen MR) is 66.5 cm³/mol. The molecule has 0 unspecified atom stereocenters. The van der Waals surface area contributed by atoms with E-state index >= 15 is 0 Å². The van der Waals surface area contributed by atoms with Gasteiger partial charge in [-0.3, -0.25) is 4.79 Å². The SMILES string of the molecule is CCN(CC(N)=S)C(=O)c1cc(C)oc1C. The number of aryl methyl sites for hydroxylation is 2. The lowest BCUT2D eigenvalue weighted by atomic mass is 10.2. The fourth-order valence-corrected chi connectivity index (χ4v) is 1.68. The molecule has 0 aliphatic carbocycles. The lowest BCUT2D eigenvalue weighted by Gasteiger charge is -2.19. The van der Waals surface area contributed by atoms with Crippen molar-refractivity contribution in [2.24, 2.45) is 5.73 Å². The van der Waals surface area contributed by atoms with Gasteiger partial charge in [0.1, 0.15) is 11.5 Å². The third-order valence-electron chi connectivity index (χ3n) is 2.29. The normalized spacial score (nSPS) is 10.2. The first-order valence-electron chi connectivity index (χ1n) is 5.10. The van der Waals surface area contributed by atoms with Gasteiger partial charge in [-0.25, -0.2) is 0 Å². The van der Waals surface area contributed by atoms with Crippen molar-refractivity contribution in [3.63, 3.8) is 0 Å². The van der Waals surface area contributed by atoms with Gasteiger partial charge in [0.2, 0.25) is 0 Å². The zero-order valence-corrected chi connectivity index (χ0v) is 10.6. The van der Waals surface area contributed by atoms with E-state index in [-0.39, 0.29) is 5.91 Å². The van der Waals surface area contributed by atoms with Crippen LogP contribution >= 0.6 is 12.2 Å². The highest BCUT2D eigenvalue weighted by molar-refractivity contribution is 7.80. The Balaban J connectivity index is 2.91. The van der Waals surface area contributed by atoms with Crippen molar-refractivity contribution >= 4 is 23.1 Å². The minimum Gasteiger partial charge on any atom is -0.466 e. The maximum atomic E-state index is 12.1. The zero-order chi connectivity index (χ0) is 12.3. The Labute approximate surface area is 100 Å². The number of nitrogens with two attached hydrogens (primary N) is 1. The van der Waals surface area contributed by atoms with Crippen LogP contribution in [0.4, 0.5) is 0 Å². The number of thiocarbonyl (C=S) groups is 1. The highest BCUT2D eigenvalue weighted by atomic mass is 32.1. The van der Waals surface area contributed by atoms with Crippen molar-refractivity contribution in [3.05, 3.63) is 23.2 Å². The second-order valence-electron chi connectivity index (χ2n) is 3.61. The van der Waals surface area contributed by atoms with Crippen molar-refractivity contribution in [2.45, 2.75) is 20.8 Å². The average Bonchev–Trinajstić information content (AvgIpc) is 2.53. The Kier molecular flexibility index (Phi) is 4.06. The van der Waals surface area contributed by atoms with Crippen molar-refractivity contribution < 1.29 is 9.21 Å². The van der Waals surface area contributed by atoms with Crippen LogP contribution in [-0.2, 0) is 0 Å². The quantitative estimate of drug-likeness (QED) is 0.813. The van der Waals surface area contributed by atoms with E-state index in [0.717, 1.165) is 5.76 Å². The minimum atomic E-state index is -0.0929. The van der Waals surface area contributed by atoms with E-state index in [0.29, 0.717) is 29.4 Å². The van der Waals surface area contributed by atoms with Gasteiger partial charge in [-0.1, -0.05) is 12.2 Å². The van der Waals surface area contributed by atoms with Gasteiger partial charge in [-0.2, -0.15) is 0 Å².